The lowest BCUT2D eigenvalue weighted by Crippen LogP contribution is -1.98. The van der Waals surface area contributed by atoms with Gasteiger partial charge in [-0.1, -0.05) is 6.92 Å². The molecule has 0 spiro atoms. The first kappa shape index (κ1) is 7.98. The molecule has 1 aromatic rings. The van der Waals surface area contributed by atoms with Gasteiger partial charge in [0, 0.05) is 12.6 Å². The molecule has 1 rings (SSSR count). The second-order valence-electron chi connectivity index (χ2n) is 2.02. The molecule has 11 heavy (non-hydrogen) atoms. The van der Waals surface area contributed by atoms with Crippen molar-refractivity contribution in [3.8, 4) is 5.88 Å². The van der Waals surface area contributed by atoms with E-state index in [1.54, 1.807) is 6.20 Å². The molecule has 0 bridgehead atoms. The first-order chi connectivity index (χ1) is 5.36. The van der Waals surface area contributed by atoms with Gasteiger partial charge in [0.05, 0.1) is 12.7 Å². The minimum atomic E-state index is 0.541. The Bertz CT molecular complexity index is 225. The van der Waals surface area contributed by atoms with Gasteiger partial charge in [0.25, 0.3) is 0 Å². The molecule has 0 unspecified atom stereocenters. The molecular formula is C8H11N2O. The zero-order valence-electron chi connectivity index (χ0n) is 6.79. The van der Waals surface area contributed by atoms with E-state index < -0.39 is 0 Å². The molecule has 0 aromatic carbocycles. The van der Waals surface area contributed by atoms with Crippen molar-refractivity contribution in [3.63, 3.8) is 0 Å². The minimum Gasteiger partial charge on any atom is -0.477 e. The van der Waals surface area contributed by atoms with Crippen LogP contribution in [0, 0.1) is 6.07 Å². The molecule has 0 amide bonds. The first-order valence-electron chi connectivity index (χ1n) is 3.73. The molecule has 59 valence electrons. The molecular weight excluding hydrogens is 140 g/mol. The lowest BCUT2D eigenvalue weighted by molar-refractivity contribution is 0.324. The second kappa shape index (κ2) is 3.91. The van der Waals surface area contributed by atoms with Crippen LogP contribution in [-0.4, -0.2) is 16.6 Å². The normalized spacial score (nSPS) is 9.64. The van der Waals surface area contributed by atoms with Crippen molar-refractivity contribution < 1.29 is 4.74 Å². The standard InChI is InChI=1S/C8H11N2O/c1-3-7-9-6-5-8(10-7)11-4-2/h6H,3-4H2,1-2H3. The van der Waals surface area contributed by atoms with Crippen LogP contribution in [0.4, 0.5) is 0 Å². The van der Waals surface area contributed by atoms with E-state index in [4.69, 9.17) is 4.74 Å². The van der Waals surface area contributed by atoms with Crippen molar-refractivity contribution >= 4 is 0 Å². The summed E-state index contributed by atoms with van der Waals surface area (Å²) in [6.07, 6.45) is 2.42. The first-order valence-corrected chi connectivity index (χ1v) is 3.73. The second-order valence-corrected chi connectivity index (χ2v) is 2.02. The summed E-state index contributed by atoms with van der Waals surface area (Å²) >= 11 is 0. The Morgan fingerprint density at radius 3 is 3.00 bits per heavy atom. The van der Waals surface area contributed by atoms with Crippen LogP contribution >= 0.6 is 0 Å². The molecule has 3 nitrogen and oxygen atoms in total. The Morgan fingerprint density at radius 1 is 1.55 bits per heavy atom. The summed E-state index contributed by atoms with van der Waals surface area (Å²) in [5, 5.41) is 0. The number of aromatic nitrogens is 2. The Kier molecular flexibility index (Phi) is 2.83. The largest absolute Gasteiger partial charge is 0.477 e. The summed E-state index contributed by atoms with van der Waals surface area (Å²) in [5.74, 6) is 1.34. The smallest absolute Gasteiger partial charge is 0.224 e. The fourth-order valence-corrected chi connectivity index (χ4v) is 0.721. The van der Waals surface area contributed by atoms with Gasteiger partial charge in [-0.15, -0.1) is 0 Å². The molecule has 0 atom stereocenters. The average molecular weight is 151 g/mol. The van der Waals surface area contributed by atoms with Gasteiger partial charge in [-0.2, -0.15) is 4.98 Å². The van der Waals surface area contributed by atoms with Crippen molar-refractivity contribution in [2.45, 2.75) is 20.3 Å². The molecule has 1 aromatic heterocycles. The lowest BCUT2D eigenvalue weighted by atomic mass is 10.4. The van der Waals surface area contributed by atoms with E-state index in [9.17, 15) is 0 Å². The van der Waals surface area contributed by atoms with E-state index >= 15 is 0 Å². The third kappa shape index (κ3) is 2.18. The number of aryl methyl sites for hydroxylation is 1. The Hall–Kier alpha value is -1.12. The van der Waals surface area contributed by atoms with Gasteiger partial charge in [0.15, 0.2) is 0 Å². The predicted molar refractivity (Wildman–Crippen MR) is 41.4 cm³/mol. The third-order valence-electron chi connectivity index (χ3n) is 1.23. The molecule has 0 saturated heterocycles. The van der Waals surface area contributed by atoms with Crippen molar-refractivity contribution in [1.29, 1.82) is 0 Å². The fraction of sp³-hybridized carbons (Fsp3) is 0.500. The summed E-state index contributed by atoms with van der Waals surface area (Å²) in [6, 6.07) is 2.80. The van der Waals surface area contributed by atoms with E-state index in [-0.39, 0.29) is 0 Å². The Balaban J connectivity index is 2.74. The van der Waals surface area contributed by atoms with Gasteiger partial charge < -0.3 is 4.74 Å². The van der Waals surface area contributed by atoms with Gasteiger partial charge in [0.1, 0.15) is 5.82 Å². The highest BCUT2D eigenvalue weighted by molar-refractivity contribution is 5.06. The van der Waals surface area contributed by atoms with E-state index in [1.807, 2.05) is 13.8 Å². The topological polar surface area (TPSA) is 35.0 Å². The molecule has 0 aliphatic rings. The molecule has 3 heteroatoms. The Labute approximate surface area is 66.4 Å². The van der Waals surface area contributed by atoms with Crippen LogP contribution in [0.2, 0.25) is 0 Å². The van der Waals surface area contributed by atoms with Crippen LogP contribution in [-0.2, 0) is 6.42 Å². The van der Waals surface area contributed by atoms with E-state index in [2.05, 4.69) is 16.0 Å². The molecule has 0 N–H and O–H groups in total. The quantitative estimate of drug-likeness (QED) is 0.651. The summed E-state index contributed by atoms with van der Waals surface area (Å²) in [4.78, 5) is 8.09. The number of nitrogens with zero attached hydrogens (tertiary/aromatic N) is 2. The van der Waals surface area contributed by atoms with Crippen LogP contribution in [0.5, 0.6) is 5.88 Å². The highest BCUT2D eigenvalue weighted by Crippen LogP contribution is 2.03. The van der Waals surface area contributed by atoms with E-state index in [0.717, 1.165) is 12.2 Å². The molecule has 0 fully saturated rings. The van der Waals surface area contributed by atoms with E-state index in [1.165, 1.54) is 0 Å². The van der Waals surface area contributed by atoms with Crippen LogP contribution in [0.15, 0.2) is 6.20 Å². The number of hydrogen-bond donors (Lipinski definition) is 0. The summed E-state index contributed by atoms with van der Waals surface area (Å²) in [7, 11) is 0. The van der Waals surface area contributed by atoms with Gasteiger partial charge >= 0.3 is 0 Å². The zero-order chi connectivity index (χ0) is 8.10. The zero-order valence-corrected chi connectivity index (χ0v) is 6.79. The predicted octanol–water partition coefficient (Wildman–Crippen LogP) is 1.24. The van der Waals surface area contributed by atoms with Gasteiger partial charge in [0.2, 0.25) is 5.88 Å². The Morgan fingerprint density at radius 2 is 2.36 bits per heavy atom. The van der Waals surface area contributed by atoms with Crippen molar-refractivity contribution in [2.75, 3.05) is 6.61 Å². The highest BCUT2D eigenvalue weighted by atomic mass is 16.5. The number of hydrogen-bond acceptors (Lipinski definition) is 3. The molecule has 0 aliphatic heterocycles. The molecule has 1 heterocycles. The van der Waals surface area contributed by atoms with Gasteiger partial charge in [-0.3, -0.25) is 0 Å². The van der Waals surface area contributed by atoms with Crippen molar-refractivity contribution in [1.82, 2.24) is 9.97 Å². The van der Waals surface area contributed by atoms with Gasteiger partial charge in [-0.05, 0) is 6.92 Å². The number of ether oxygens (including phenoxy) is 1. The van der Waals surface area contributed by atoms with Crippen LogP contribution in [0.1, 0.15) is 19.7 Å². The van der Waals surface area contributed by atoms with Crippen LogP contribution < -0.4 is 4.74 Å². The maximum absolute atomic E-state index is 5.14. The molecule has 1 radical (unpaired) electrons. The number of rotatable bonds is 3. The highest BCUT2D eigenvalue weighted by Gasteiger charge is 1.95. The van der Waals surface area contributed by atoms with Gasteiger partial charge in [-0.25, -0.2) is 4.98 Å². The molecule has 0 saturated carbocycles. The maximum Gasteiger partial charge on any atom is 0.224 e. The summed E-state index contributed by atoms with van der Waals surface area (Å²) in [5.41, 5.74) is 0. The minimum absolute atomic E-state index is 0.541. The SMILES string of the molecule is CCOc1[c]cnc(CC)n1. The van der Waals surface area contributed by atoms with Crippen LogP contribution in [0.25, 0.3) is 0 Å². The fourth-order valence-electron chi connectivity index (χ4n) is 0.721. The monoisotopic (exact) mass is 151 g/mol. The lowest BCUT2D eigenvalue weighted by Gasteiger charge is -2.00. The third-order valence-corrected chi connectivity index (χ3v) is 1.23. The summed E-state index contributed by atoms with van der Waals surface area (Å²) in [6.45, 7) is 4.54. The maximum atomic E-state index is 5.14. The molecule has 0 aliphatic carbocycles. The average Bonchev–Trinajstić information content (AvgIpc) is 2.06. The van der Waals surface area contributed by atoms with Crippen LogP contribution in [0.3, 0.4) is 0 Å². The van der Waals surface area contributed by atoms with Crippen molar-refractivity contribution in [2.24, 2.45) is 0 Å². The summed E-state index contributed by atoms with van der Waals surface area (Å²) < 4.78 is 5.14. The van der Waals surface area contributed by atoms with E-state index in [0.29, 0.717) is 12.5 Å². The van der Waals surface area contributed by atoms with Crippen molar-refractivity contribution in [3.05, 3.63) is 18.1 Å².